The van der Waals surface area contributed by atoms with Gasteiger partial charge in [-0.1, -0.05) is 17.7 Å². The third kappa shape index (κ3) is 3.81. The second-order valence-corrected chi connectivity index (χ2v) is 5.82. The molecule has 1 atom stereocenters. The van der Waals surface area contributed by atoms with Crippen LogP contribution >= 0.6 is 23.8 Å². The van der Waals surface area contributed by atoms with E-state index in [2.05, 4.69) is 10.2 Å². The summed E-state index contributed by atoms with van der Waals surface area (Å²) in [4.78, 5) is 2.12. The van der Waals surface area contributed by atoms with Gasteiger partial charge in [0.15, 0.2) is 5.11 Å². The van der Waals surface area contributed by atoms with E-state index in [0.717, 1.165) is 42.2 Å². The van der Waals surface area contributed by atoms with Gasteiger partial charge in [-0.15, -0.1) is 0 Å². The molecule has 1 aromatic carbocycles. The summed E-state index contributed by atoms with van der Waals surface area (Å²) in [6, 6.07) is 5.83. The molecule has 2 N–H and O–H groups in total. The minimum atomic E-state index is 0.232. The Morgan fingerprint density at radius 3 is 3.05 bits per heavy atom. The van der Waals surface area contributed by atoms with E-state index in [1.165, 1.54) is 0 Å². The maximum atomic E-state index is 9.24. The number of aliphatic hydroxyl groups excluding tert-OH is 1. The summed E-state index contributed by atoms with van der Waals surface area (Å²) in [6.45, 7) is 3.97. The van der Waals surface area contributed by atoms with Gasteiger partial charge in [0.05, 0.1) is 0 Å². The number of nitrogens with one attached hydrogen (secondary N) is 1. The SMILES string of the molecule is Cc1ccc(NC(=S)N2CCCC(CO)C2)cc1Cl. The standard InChI is InChI=1S/C14H19ClN2OS/c1-10-4-5-12(7-13(10)15)16-14(19)17-6-2-3-11(8-17)9-18/h4-5,7,11,18H,2-3,6,8-9H2,1H3,(H,16,19). The molecule has 1 aromatic rings. The number of likely N-dealkylation sites (tertiary alicyclic amines) is 1. The second-order valence-electron chi connectivity index (χ2n) is 5.03. The van der Waals surface area contributed by atoms with Gasteiger partial charge in [-0.05, 0) is 55.6 Å². The third-order valence-corrected chi connectivity index (χ3v) is 4.25. The number of piperidine rings is 1. The number of anilines is 1. The number of benzene rings is 1. The summed E-state index contributed by atoms with van der Waals surface area (Å²) in [5, 5.41) is 13.9. The highest BCUT2D eigenvalue weighted by Gasteiger charge is 2.21. The van der Waals surface area contributed by atoms with Crippen LogP contribution in [0.1, 0.15) is 18.4 Å². The quantitative estimate of drug-likeness (QED) is 0.823. The van der Waals surface area contributed by atoms with Crippen LogP contribution in [0.3, 0.4) is 0 Å². The average Bonchev–Trinajstić information content (AvgIpc) is 2.43. The maximum Gasteiger partial charge on any atom is 0.173 e. The van der Waals surface area contributed by atoms with Crippen molar-refractivity contribution in [2.45, 2.75) is 19.8 Å². The zero-order valence-corrected chi connectivity index (χ0v) is 12.6. The molecule has 1 saturated heterocycles. The molecule has 0 saturated carbocycles. The van der Waals surface area contributed by atoms with Gasteiger partial charge in [-0.2, -0.15) is 0 Å². The minimum absolute atomic E-state index is 0.232. The van der Waals surface area contributed by atoms with Crippen LogP contribution < -0.4 is 5.32 Å². The van der Waals surface area contributed by atoms with Crippen LogP contribution in [0.4, 0.5) is 5.69 Å². The largest absolute Gasteiger partial charge is 0.396 e. The number of aryl methyl sites for hydroxylation is 1. The highest BCUT2D eigenvalue weighted by atomic mass is 35.5. The molecule has 0 radical (unpaired) electrons. The second kappa shape index (κ2) is 6.55. The Labute approximate surface area is 124 Å². The Morgan fingerprint density at radius 1 is 1.58 bits per heavy atom. The van der Waals surface area contributed by atoms with Gasteiger partial charge in [0.1, 0.15) is 0 Å². The lowest BCUT2D eigenvalue weighted by atomic mass is 9.99. The zero-order valence-electron chi connectivity index (χ0n) is 11.0. The van der Waals surface area contributed by atoms with Crippen LogP contribution in [0.15, 0.2) is 18.2 Å². The number of halogens is 1. The van der Waals surface area contributed by atoms with E-state index in [-0.39, 0.29) is 6.61 Å². The van der Waals surface area contributed by atoms with Crippen LogP contribution in [0.2, 0.25) is 5.02 Å². The van der Waals surface area contributed by atoms with Crippen molar-refractivity contribution >= 4 is 34.6 Å². The molecule has 19 heavy (non-hydrogen) atoms. The van der Waals surface area contributed by atoms with Crippen molar-refractivity contribution in [1.29, 1.82) is 0 Å². The molecule has 0 aliphatic carbocycles. The lowest BCUT2D eigenvalue weighted by Gasteiger charge is -2.33. The van der Waals surface area contributed by atoms with Gasteiger partial charge in [0.25, 0.3) is 0 Å². The monoisotopic (exact) mass is 298 g/mol. The van der Waals surface area contributed by atoms with Crippen molar-refractivity contribution < 1.29 is 5.11 Å². The first-order chi connectivity index (χ1) is 9.10. The molecule has 0 spiro atoms. The molecule has 0 aromatic heterocycles. The van der Waals surface area contributed by atoms with Crippen LogP contribution in [0.25, 0.3) is 0 Å². The molecule has 1 aliphatic rings. The molecule has 1 heterocycles. The fraction of sp³-hybridized carbons (Fsp3) is 0.500. The topological polar surface area (TPSA) is 35.5 Å². The summed E-state index contributed by atoms with van der Waals surface area (Å²) in [5.74, 6) is 0.329. The van der Waals surface area contributed by atoms with Gasteiger partial charge in [-0.25, -0.2) is 0 Å². The van der Waals surface area contributed by atoms with E-state index in [1.54, 1.807) is 0 Å². The van der Waals surface area contributed by atoms with Crippen LogP contribution in [0.5, 0.6) is 0 Å². The van der Waals surface area contributed by atoms with E-state index >= 15 is 0 Å². The third-order valence-electron chi connectivity index (χ3n) is 3.49. The van der Waals surface area contributed by atoms with E-state index in [4.69, 9.17) is 23.8 Å². The number of nitrogens with zero attached hydrogens (tertiary/aromatic N) is 1. The highest BCUT2D eigenvalue weighted by molar-refractivity contribution is 7.80. The number of hydrogen-bond acceptors (Lipinski definition) is 2. The van der Waals surface area contributed by atoms with E-state index in [0.29, 0.717) is 11.0 Å². The van der Waals surface area contributed by atoms with Crippen molar-refractivity contribution in [2.24, 2.45) is 5.92 Å². The molecule has 0 bridgehead atoms. The van der Waals surface area contributed by atoms with Gasteiger partial charge in [0.2, 0.25) is 0 Å². The molecule has 1 unspecified atom stereocenters. The smallest absolute Gasteiger partial charge is 0.173 e. The Morgan fingerprint density at radius 2 is 2.37 bits per heavy atom. The van der Waals surface area contributed by atoms with Crippen molar-refractivity contribution in [3.05, 3.63) is 28.8 Å². The normalized spacial score (nSPS) is 19.3. The Kier molecular flexibility index (Phi) is 5.02. The first-order valence-electron chi connectivity index (χ1n) is 6.53. The molecule has 0 amide bonds. The lowest BCUT2D eigenvalue weighted by Crippen LogP contribution is -2.43. The maximum absolute atomic E-state index is 9.24. The summed E-state index contributed by atoms with van der Waals surface area (Å²) in [5.41, 5.74) is 1.96. The van der Waals surface area contributed by atoms with Gasteiger partial charge in [0, 0.05) is 30.4 Å². The van der Waals surface area contributed by atoms with E-state index in [1.807, 2.05) is 25.1 Å². The number of hydrogen-bond donors (Lipinski definition) is 2. The molecule has 2 rings (SSSR count). The van der Waals surface area contributed by atoms with Gasteiger partial charge >= 0.3 is 0 Å². The minimum Gasteiger partial charge on any atom is -0.396 e. The fourth-order valence-corrected chi connectivity index (χ4v) is 2.74. The van der Waals surface area contributed by atoms with Crippen LogP contribution in [-0.2, 0) is 0 Å². The molecular formula is C14H19ClN2OS. The fourth-order valence-electron chi connectivity index (χ4n) is 2.27. The van der Waals surface area contributed by atoms with Crippen molar-refractivity contribution in [2.75, 3.05) is 25.0 Å². The van der Waals surface area contributed by atoms with Crippen molar-refractivity contribution in [3.63, 3.8) is 0 Å². The molecule has 104 valence electrons. The van der Waals surface area contributed by atoms with Crippen LogP contribution in [0, 0.1) is 12.8 Å². The van der Waals surface area contributed by atoms with Crippen LogP contribution in [-0.4, -0.2) is 34.8 Å². The van der Waals surface area contributed by atoms with E-state index < -0.39 is 0 Å². The van der Waals surface area contributed by atoms with Gasteiger partial charge in [-0.3, -0.25) is 0 Å². The predicted molar refractivity (Wildman–Crippen MR) is 83.8 cm³/mol. The summed E-state index contributed by atoms with van der Waals surface area (Å²) in [7, 11) is 0. The van der Waals surface area contributed by atoms with Gasteiger partial charge < -0.3 is 15.3 Å². The first kappa shape index (κ1) is 14.6. The molecule has 1 aliphatic heterocycles. The summed E-state index contributed by atoms with van der Waals surface area (Å²) in [6.07, 6.45) is 2.15. The predicted octanol–water partition coefficient (Wildman–Crippen LogP) is 3.05. The molecule has 1 fully saturated rings. The van der Waals surface area contributed by atoms with Crippen molar-refractivity contribution in [1.82, 2.24) is 4.90 Å². The molecular weight excluding hydrogens is 280 g/mol. The number of rotatable bonds is 2. The Bertz CT molecular complexity index is 467. The van der Waals surface area contributed by atoms with E-state index in [9.17, 15) is 5.11 Å². The molecule has 5 heteroatoms. The number of aliphatic hydroxyl groups is 1. The summed E-state index contributed by atoms with van der Waals surface area (Å²) >= 11 is 11.5. The Balaban J connectivity index is 1.98. The number of thiocarbonyl (C=S) groups is 1. The molecule has 3 nitrogen and oxygen atoms in total. The first-order valence-corrected chi connectivity index (χ1v) is 7.31. The lowest BCUT2D eigenvalue weighted by molar-refractivity contribution is 0.162. The van der Waals surface area contributed by atoms with Crippen molar-refractivity contribution in [3.8, 4) is 0 Å². The zero-order chi connectivity index (χ0) is 13.8. The summed E-state index contributed by atoms with van der Waals surface area (Å²) < 4.78 is 0. The Hall–Kier alpha value is -0.840. The average molecular weight is 299 g/mol. The highest BCUT2D eigenvalue weighted by Crippen LogP contribution is 2.21.